The first-order chi connectivity index (χ1) is 11.0. The molecule has 122 valence electrons. The molecule has 0 radical (unpaired) electrons. The van der Waals surface area contributed by atoms with Crippen LogP contribution >= 0.6 is 11.8 Å². The van der Waals surface area contributed by atoms with E-state index < -0.39 is 0 Å². The summed E-state index contributed by atoms with van der Waals surface area (Å²) in [7, 11) is 1.33. The maximum Gasteiger partial charge on any atom is 0.305 e. The van der Waals surface area contributed by atoms with Gasteiger partial charge in [0.1, 0.15) is 5.78 Å². The molecule has 0 unspecified atom stereocenters. The Morgan fingerprint density at radius 2 is 1.74 bits per heavy atom. The summed E-state index contributed by atoms with van der Waals surface area (Å²) in [6.45, 7) is 0. The smallest absolute Gasteiger partial charge is 0.305 e. The molecule has 2 rings (SSSR count). The molecular formula is C17H18O5S. The molecule has 2 aromatic rings. The van der Waals surface area contributed by atoms with E-state index in [-0.39, 0.29) is 29.7 Å². The van der Waals surface area contributed by atoms with E-state index in [9.17, 15) is 19.8 Å². The highest BCUT2D eigenvalue weighted by Crippen LogP contribution is 2.32. The highest BCUT2D eigenvalue weighted by atomic mass is 32.2. The molecular weight excluding hydrogens is 316 g/mol. The fourth-order valence-electron chi connectivity index (χ4n) is 2.11. The number of Topliss-reactive ketones (excluding diaryl/α,β-unsaturated/α-hetero) is 1. The predicted octanol–water partition coefficient (Wildman–Crippen LogP) is 3.26. The van der Waals surface area contributed by atoms with Crippen molar-refractivity contribution >= 4 is 34.3 Å². The zero-order valence-electron chi connectivity index (χ0n) is 12.7. The second kappa shape index (κ2) is 7.87. The van der Waals surface area contributed by atoms with Crippen LogP contribution in [-0.4, -0.2) is 34.8 Å². The summed E-state index contributed by atoms with van der Waals surface area (Å²) in [6.07, 6.45) is 1.10. The summed E-state index contributed by atoms with van der Waals surface area (Å²) >= 11 is 1.41. The van der Waals surface area contributed by atoms with Gasteiger partial charge in [0.15, 0.2) is 11.5 Å². The summed E-state index contributed by atoms with van der Waals surface area (Å²) in [5.74, 6) is -0.218. The van der Waals surface area contributed by atoms with Crippen LogP contribution in [0.5, 0.6) is 11.5 Å². The fraction of sp³-hybridized carbons (Fsp3) is 0.294. The molecule has 5 nitrogen and oxygen atoms in total. The number of benzene rings is 2. The first-order valence-electron chi connectivity index (χ1n) is 7.16. The third-order valence-corrected chi connectivity index (χ3v) is 4.42. The van der Waals surface area contributed by atoms with Crippen LogP contribution < -0.4 is 0 Å². The van der Waals surface area contributed by atoms with Crippen molar-refractivity contribution in [2.45, 2.75) is 24.2 Å². The highest BCUT2D eigenvalue weighted by Gasteiger charge is 2.08. The molecule has 0 bridgehead atoms. The number of rotatable bonds is 7. The Morgan fingerprint density at radius 3 is 2.43 bits per heavy atom. The zero-order chi connectivity index (χ0) is 16.8. The van der Waals surface area contributed by atoms with Crippen molar-refractivity contribution in [1.29, 1.82) is 0 Å². The van der Waals surface area contributed by atoms with Gasteiger partial charge in [-0.1, -0.05) is 6.07 Å². The second-order valence-corrected chi connectivity index (χ2v) is 6.16. The van der Waals surface area contributed by atoms with E-state index in [0.717, 1.165) is 15.7 Å². The minimum atomic E-state index is -0.303. The Bertz CT molecular complexity index is 726. The molecule has 0 saturated heterocycles. The van der Waals surface area contributed by atoms with Gasteiger partial charge in [-0.25, -0.2) is 0 Å². The lowest BCUT2D eigenvalue weighted by Gasteiger charge is -2.05. The SMILES string of the molecule is COC(=O)CCCC(=O)CSc1ccc2cc(O)c(O)cc2c1. The number of methoxy groups -OCH3 is 1. The van der Waals surface area contributed by atoms with Crippen molar-refractivity contribution in [1.82, 2.24) is 0 Å². The molecule has 0 aliphatic heterocycles. The van der Waals surface area contributed by atoms with E-state index in [2.05, 4.69) is 4.74 Å². The lowest BCUT2D eigenvalue weighted by atomic mass is 10.1. The summed E-state index contributed by atoms with van der Waals surface area (Å²) in [6, 6.07) is 8.55. The maximum absolute atomic E-state index is 11.8. The molecule has 0 saturated carbocycles. The number of phenolic OH excluding ortho intramolecular Hbond substituents is 2. The number of phenols is 2. The second-order valence-electron chi connectivity index (χ2n) is 5.11. The predicted molar refractivity (Wildman–Crippen MR) is 88.9 cm³/mol. The van der Waals surface area contributed by atoms with E-state index >= 15 is 0 Å². The monoisotopic (exact) mass is 334 g/mol. The Balaban J connectivity index is 1.90. The van der Waals surface area contributed by atoms with Crippen molar-refractivity contribution in [3.05, 3.63) is 30.3 Å². The Kier molecular flexibility index (Phi) is 5.87. The molecule has 0 spiro atoms. The van der Waals surface area contributed by atoms with Gasteiger partial charge in [0.25, 0.3) is 0 Å². The number of ketones is 1. The van der Waals surface area contributed by atoms with Crippen molar-refractivity contribution in [2.75, 3.05) is 12.9 Å². The van der Waals surface area contributed by atoms with Crippen LogP contribution in [0.3, 0.4) is 0 Å². The molecule has 0 amide bonds. The first kappa shape index (κ1) is 17.1. The number of aromatic hydroxyl groups is 2. The number of esters is 1. The Hall–Kier alpha value is -2.21. The van der Waals surface area contributed by atoms with E-state index in [1.807, 2.05) is 18.2 Å². The van der Waals surface area contributed by atoms with E-state index in [0.29, 0.717) is 18.6 Å². The van der Waals surface area contributed by atoms with E-state index in [4.69, 9.17) is 0 Å². The van der Waals surface area contributed by atoms with Crippen LogP contribution in [0.4, 0.5) is 0 Å². The number of carbonyl (C=O) groups is 2. The Morgan fingerprint density at radius 1 is 1.04 bits per heavy atom. The molecule has 2 N–H and O–H groups in total. The number of ether oxygens (including phenoxy) is 1. The average Bonchev–Trinajstić information content (AvgIpc) is 2.53. The molecule has 0 aliphatic rings. The van der Waals surface area contributed by atoms with Gasteiger partial charge in [0, 0.05) is 17.7 Å². The van der Waals surface area contributed by atoms with Crippen LogP contribution in [0.2, 0.25) is 0 Å². The van der Waals surface area contributed by atoms with Gasteiger partial charge in [-0.15, -0.1) is 11.8 Å². The number of hydrogen-bond acceptors (Lipinski definition) is 6. The Labute approximate surface area is 138 Å². The minimum absolute atomic E-state index is 0.0764. The van der Waals surface area contributed by atoms with Crippen LogP contribution in [0, 0.1) is 0 Å². The van der Waals surface area contributed by atoms with Crippen molar-refractivity contribution in [2.24, 2.45) is 0 Å². The van der Waals surface area contributed by atoms with Gasteiger partial charge in [-0.05, 0) is 41.5 Å². The van der Waals surface area contributed by atoms with Gasteiger partial charge in [0.05, 0.1) is 12.9 Å². The van der Waals surface area contributed by atoms with Crippen LogP contribution in [-0.2, 0) is 14.3 Å². The van der Waals surface area contributed by atoms with Crippen molar-refractivity contribution in [3.8, 4) is 11.5 Å². The number of thioether (sulfide) groups is 1. The van der Waals surface area contributed by atoms with E-state index in [1.54, 1.807) is 0 Å². The summed E-state index contributed by atoms with van der Waals surface area (Å²) in [5, 5.41) is 20.6. The van der Waals surface area contributed by atoms with Crippen molar-refractivity contribution < 1.29 is 24.5 Å². The number of carbonyl (C=O) groups excluding carboxylic acids is 2. The van der Waals surface area contributed by atoms with Crippen LogP contribution in [0.15, 0.2) is 35.2 Å². The molecule has 23 heavy (non-hydrogen) atoms. The van der Waals surface area contributed by atoms with Gasteiger partial charge >= 0.3 is 5.97 Å². The summed E-state index contributed by atoms with van der Waals surface area (Å²) in [5.41, 5.74) is 0. The first-order valence-corrected chi connectivity index (χ1v) is 8.15. The lowest BCUT2D eigenvalue weighted by molar-refractivity contribution is -0.140. The number of fused-ring (bicyclic) bond motifs is 1. The molecule has 0 fully saturated rings. The average molecular weight is 334 g/mol. The quantitative estimate of drug-likeness (QED) is 0.459. The van der Waals surface area contributed by atoms with Gasteiger partial charge in [0.2, 0.25) is 0 Å². The molecule has 0 heterocycles. The third kappa shape index (κ3) is 4.89. The lowest BCUT2D eigenvalue weighted by Crippen LogP contribution is -2.05. The topological polar surface area (TPSA) is 83.8 Å². The van der Waals surface area contributed by atoms with Crippen LogP contribution in [0.1, 0.15) is 19.3 Å². The minimum Gasteiger partial charge on any atom is -0.504 e. The van der Waals surface area contributed by atoms with Gasteiger partial charge in [-0.2, -0.15) is 0 Å². The standard InChI is InChI=1S/C17H18O5S/c1-22-17(21)4-2-3-13(18)10-23-14-6-5-11-8-15(19)16(20)9-12(11)7-14/h5-9,19-20H,2-4,10H2,1H3. The van der Waals surface area contributed by atoms with Crippen molar-refractivity contribution in [3.63, 3.8) is 0 Å². The fourth-order valence-corrected chi connectivity index (χ4v) is 2.96. The third-order valence-electron chi connectivity index (χ3n) is 3.37. The largest absolute Gasteiger partial charge is 0.504 e. The molecule has 0 atom stereocenters. The van der Waals surface area contributed by atoms with Gasteiger partial charge < -0.3 is 14.9 Å². The van der Waals surface area contributed by atoms with E-state index in [1.165, 1.54) is 31.0 Å². The molecule has 2 aromatic carbocycles. The maximum atomic E-state index is 11.8. The molecule has 0 aliphatic carbocycles. The zero-order valence-corrected chi connectivity index (χ0v) is 13.6. The van der Waals surface area contributed by atoms with Gasteiger partial charge in [-0.3, -0.25) is 9.59 Å². The van der Waals surface area contributed by atoms with Crippen LogP contribution in [0.25, 0.3) is 10.8 Å². The summed E-state index contributed by atoms with van der Waals surface area (Å²) < 4.78 is 4.53. The summed E-state index contributed by atoms with van der Waals surface area (Å²) in [4.78, 5) is 23.7. The molecule has 0 aromatic heterocycles. The number of hydrogen-bond donors (Lipinski definition) is 2. The normalized spacial score (nSPS) is 10.7. The molecule has 6 heteroatoms. The highest BCUT2D eigenvalue weighted by molar-refractivity contribution is 8.00.